The van der Waals surface area contributed by atoms with Crippen molar-refractivity contribution in [3.63, 3.8) is 0 Å². The van der Waals surface area contributed by atoms with Crippen LogP contribution in [0.25, 0.3) is 0 Å². The number of fused-ring (bicyclic) bond motifs is 5. The molecule has 0 spiro atoms. The van der Waals surface area contributed by atoms with Gasteiger partial charge in [0.15, 0.2) is 0 Å². The summed E-state index contributed by atoms with van der Waals surface area (Å²) in [5.74, 6) is 3.36. The van der Waals surface area contributed by atoms with Gasteiger partial charge in [0.1, 0.15) is 0 Å². The van der Waals surface area contributed by atoms with Gasteiger partial charge in [-0.25, -0.2) is 0 Å². The summed E-state index contributed by atoms with van der Waals surface area (Å²) in [5.41, 5.74) is 0. The second-order valence-electron chi connectivity index (χ2n) is 8.16. The number of epoxide rings is 1. The molecule has 22 heavy (non-hydrogen) atoms. The van der Waals surface area contributed by atoms with Crippen LogP contribution < -0.4 is 0 Å². The summed E-state index contributed by atoms with van der Waals surface area (Å²) in [6, 6.07) is 0. The zero-order chi connectivity index (χ0) is 15.1. The number of hydrogen-bond donors (Lipinski definition) is 0. The Hall–Kier alpha value is -0.345. The van der Waals surface area contributed by atoms with Gasteiger partial charge in [-0.3, -0.25) is 0 Å². The summed E-state index contributed by atoms with van der Waals surface area (Å²) in [7, 11) is 4.35. The topological polar surface area (TPSA) is 19.0 Å². The number of likely N-dealkylation sites (tertiary alicyclic amines) is 1. The van der Waals surface area contributed by atoms with Crippen LogP contribution in [0.2, 0.25) is 0 Å². The van der Waals surface area contributed by atoms with Crippen LogP contribution in [0.4, 0.5) is 0 Å². The average molecular weight is 302 g/mol. The molecule has 3 nitrogen and oxygen atoms in total. The summed E-state index contributed by atoms with van der Waals surface area (Å²) in [5, 5.41) is 0. The van der Waals surface area contributed by atoms with Gasteiger partial charge in [-0.2, -0.15) is 0 Å². The molecule has 0 N–H and O–H groups in total. The van der Waals surface area contributed by atoms with Crippen LogP contribution in [-0.2, 0) is 4.74 Å². The molecule has 1 saturated carbocycles. The van der Waals surface area contributed by atoms with Gasteiger partial charge in [-0.05, 0) is 0 Å². The second-order valence-corrected chi connectivity index (χ2v) is 8.16. The van der Waals surface area contributed by atoms with E-state index in [0.717, 1.165) is 23.7 Å². The van der Waals surface area contributed by atoms with Gasteiger partial charge < -0.3 is 0 Å². The fraction of sp³-hybridized carbons (Fsp3) is 0.944. The quantitative estimate of drug-likeness (QED) is 0.547. The van der Waals surface area contributed by atoms with Gasteiger partial charge in [0.2, 0.25) is 0 Å². The Balaban J connectivity index is 1.60. The molecule has 0 bridgehead atoms. The number of likely N-dealkylation sites (N-methyl/N-ethyl adjacent to an activating group) is 1. The summed E-state index contributed by atoms with van der Waals surface area (Å²) >= 11 is 0. The molecule has 0 aromatic carbocycles. The van der Waals surface area contributed by atoms with Crippen molar-refractivity contribution in [3.8, 4) is 0 Å². The Morgan fingerprint density at radius 2 is 1.64 bits per heavy atom. The van der Waals surface area contributed by atoms with Crippen LogP contribution in [0, 0.1) is 23.7 Å². The number of ether oxygens (including phenoxy) is 1. The van der Waals surface area contributed by atoms with Gasteiger partial charge in [0.05, 0.1) is 0 Å². The average Bonchev–Trinajstić information content (AvgIpc) is 3.17. The minimum atomic E-state index is 0.423. The predicted octanol–water partition coefficient (Wildman–Crippen LogP) is 2.23. The van der Waals surface area contributed by atoms with Crippen molar-refractivity contribution in [3.05, 3.63) is 0 Å². The molecule has 4 aliphatic rings. The van der Waals surface area contributed by atoms with Crippen LogP contribution in [0.15, 0.2) is 0 Å². The van der Waals surface area contributed by atoms with E-state index in [4.69, 9.17) is 4.74 Å². The Morgan fingerprint density at radius 1 is 0.909 bits per heavy atom. The van der Waals surface area contributed by atoms with E-state index in [1.807, 2.05) is 0 Å². The molecule has 0 amide bonds. The molecule has 122 valence electrons. The van der Waals surface area contributed by atoms with Gasteiger partial charge in [-0.1, -0.05) is 0 Å². The molecule has 0 aromatic rings. The maximum atomic E-state index is 6.17. The number of hydrogen-bond acceptors (Lipinski definition) is 3. The predicted molar refractivity (Wildman–Crippen MR) is 92.0 cm³/mol. The molecule has 3 saturated heterocycles. The van der Waals surface area contributed by atoms with E-state index in [1.165, 1.54) is 64.6 Å². The first-order valence-corrected chi connectivity index (χ1v) is 9.50. The first kappa shape index (κ1) is 15.2. The standard InChI is InChI=1S/C18H31BN2O/c1-19-21-11-13-10-20(2)18-17(22-18)15-9-7-5-3-4-6-8-14(15)16(13)12-21/h13-18H,1,3-12H2,2H3. The Labute approximate surface area is 136 Å². The van der Waals surface area contributed by atoms with Crippen LogP contribution in [0.5, 0.6) is 0 Å². The van der Waals surface area contributed by atoms with Crippen LogP contribution in [0.1, 0.15) is 44.9 Å². The summed E-state index contributed by atoms with van der Waals surface area (Å²) < 4.78 is 6.17. The Kier molecular flexibility index (Phi) is 4.34. The zero-order valence-corrected chi connectivity index (χ0v) is 14.1. The third kappa shape index (κ3) is 2.77. The molecule has 3 aliphatic heterocycles. The molecular formula is C18H31BN2O. The minimum absolute atomic E-state index is 0.423. The normalized spacial score (nSPS) is 46.0. The molecule has 4 heteroatoms. The van der Waals surface area contributed by atoms with E-state index < -0.39 is 0 Å². The first-order valence-electron chi connectivity index (χ1n) is 9.50. The SMILES string of the molecule is C=BN1CC2CN(C)C3OC3C3CCCCCCCC3C2C1. The fourth-order valence-corrected chi connectivity index (χ4v) is 5.67. The third-order valence-electron chi connectivity index (χ3n) is 6.83. The van der Waals surface area contributed by atoms with Crippen LogP contribution >= 0.6 is 0 Å². The van der Waals surface area contributed by atoms with Crippen molar-refractivity contribution in [1.82, 2.24) is 9.71 Å². The molecule has 4 fully saturated rings. The molecule has 0 radical (unpaired) electrons. The number of rotatable bonds is 1. The van der Waals surface area contributed by atoms with E-state index in [2.05, 4.69) is 30.3 Å². The van der Waals surface area contributed by atoms with Crippen molar-refractivity contribution < 1.29 is 4.74 Å². The van der Waals surface area contributed by atoms with Crippen LogP contribution in [0.3, 0.4) is 0 Å². The fourth-order valence-electron chi connectivity index (χ4n) is 5.67. The molecule has 6 atom stereocenters. The van der Waals surface area contributed by atoms with Crippen LogP contribution in [-0.4, -0.2) is 62.2 Å². The van der Waals surface area contributed by atoms with Gasteiger partial charge >= 0.3 is 136 Å². The van der Waals surface area contributed by atoms with Gasteiger partial charge in [-0.15, -0.1) is 0 Å². The summed E-state index contributed by atoms with van der Waals surface area (Å²) in [4.78, 5) is 4.97. The van der Waals surface area contributed by atoms with E-state index in [9.17, 15) is 0 Å². The second kappa shape index (κ2) is 6.28. The zero-order valence-electron chi connectivity index (χ0n) is 14.1. The molecule has 4 rings (SSSR count). The monoisotopic (exact) mass is 302 g/mol. The van der Waals surface area contributed by atoms with E-state index in [-0.39, 0.29) is 0 Å². The third-order valence-corrected chi connectivity index (χ3v) is 6.83. The molecule has 6 unspecified atom stereocenters. The molecule has 1 aliphatic carbocycles. The van der Waals surface area contributed by atoms with Crippen molar-refractivity contribution in [2.24, 2.45) is 23.7 Å². The summed E-state index contributed by atoms with van der Waals surface area (Å²) in [6.07, 6.45) is 11.0. The number of nitrogens with zero attached hydrogens (tertiary/aromatic N) is 2. The van der Waals surface area contributed by atoms with Crippen molar-refractivity contribution >= 4 is 13.5 Å². The van der Waals surface area contributed by atoms with Gasteiger partial charge in [0, 0.05) is 0 Å². The van der Waals surface area contributed by atoms with Crippen molar-refractivity contribution in [2.45, 2.75) is 57.3 Å². The van der Waals surface area contributed by atoms with Gasteiger partial charge in [0.25, 0.3) is 0 Å². The molecule has 3 heterocycles. The molecular weight excluding hydrogens is 271 g/mol. The first-order chi connectivity index (χ1) is 10.8. The molecule has 0 aromatic heterocycles. The van der Waals surface area contributed by atoms with Crippen molar-refractivity contribution in [2.75, 3.05) is 26.7 Å². The van der Waals surface area contributed by atoms with E-state index in [0.29, 0.717) is 12.3 Å². The summed E-state index contributed by atoms with van der Waals surface area (Å²) in [6.45, 7) is 7.68. The maximum absolute atomic E-state index is 6.17. The van der Waals surface area contributed by atoms with Crippen molar-refractivity contribution in [1.29, 1.82) is 0 Å². The Morgan fingerprint density at radius 3 is 2.41 bits per heavy atom. The van der Waals surface area contributed by atoms with E-state index in [1.54, 1.807) is 0 Å². The Bertz CT molecular complexity index is 418. The van der Waals surface area contributed by atoms with E-state index >= 15 is 0 Å².